The molecule has 40 heavy (non-hydrogen) atoms. The second-order valence-corrected chi connectivity index (χ2v) is 10.4. The topological polar surface area (TPSA) is 125 Å². The molecule has 2 aliphatic heterocycles. The summed E-state index contributed by atoms with van der Waals surface area (Å²) in [6.45, 7) is 4.73. The molecule has 2 aliphatic rings. The lowest BCUT2D eigenvalue weighted by Gasteiger charge is -2.31. The number of fused-ring (bicyclic) bond motifs is 6. The molecule has 3 N–H and O–H groups in total. The highest BCUT2D eigenvalue weighted by molar-refractivity contribution is 5.95. The lowest BCUT2D eigenvalue weighted by Crippen LogP contribution is -2.41. The Morgan fingerprint density at radius 2 is 1.82 bits per heavy atom. The Kier molecular flexibility index (Phi) is 6.90. The average molecular weight is 538 g/mol. The van der Waals surface area contributed by atoms with Crippen molar-refractivity contribution in [3.63, 3.8) is 0 Å². The van der Waals surface area contributed by atoms with Gasteiger partial charge in [0.25, 0.3) is 5.91 Å². The maximum atomic E-state index is 13.3. The fourth-order valence-corrected chi connectivity index (χ4v) is 5.19. The largest absolute Gasteiger partial charge is 0.361 e. The predicted molar refractivity (Wildman–Crippen MR) is 152 cm³/mol. The van der Waals surface area contributed by atoms with Gasteiger partial charge in [0.15, 0.2) is 5.69 Å². The summed E-state index contributed by atoms with van der Waals surface area (Å²) in [6.07, 6.45) is 4.54. The number of hydrogen-bond acceptors (Lipinski definition) is 8. The normalized spacial score (nSPS) is 15.1. The summed E-state index contributed by atoms with van der Waals surface area (Å²) >= 11 is 0. The number of hydrogen-bond donors (Lipinski definition) is 3. The zero-order valence-corrected chi connectivity index (χ0v) is 22.5. The van der Waals surface area contributed by atoms with Crippen LogP contribution in [-0.2, 0) is 17.6 Å². The van der Waals surface area contributed by atoms with Crippen LogP contribution in [0.3, 0.4) is 0 Å². The minimum Gasteiger partial charge on any atom is -0.361 e. The number of amides is 2. The minimum atomic E-state index is -0.173. The van der Waals surface area contributed by atoms with E-state index >= 15 is 0 Å². The van der Waals surface area contributed by atoms with Gasteiger partial charge in [-0.2, -0.15) is 4.98 Å². The first kappa shape index (κ1) is 25.5. The standard InChI is InChI=1S/C30H31N7O3/c1-18-17-31-30-33-23-5-3-4-20(15-23)6-7-22-16-24(32-27(18)35-30)8-9-25(22)34-28(38)21-10-12-37(13-11-21)29(39)26-14-19(2)40-36-26/h3-5,8-9,14-17,21H,6-7,10-13H2,1-2H3,(H,34,38)(H2,31,32,33,35). The van der Waals surface area contributed by atoms with Crippen LogP contribution in [0, 0.1) is 19.8 Å². The minimum absolute atomic E-state index is 0.0215. The van der Waals surface area contributed by atoms with Crippen LogP contribution in [-0.4, -0.2) is 44.9 Å². The molecule has 2 aromatic carbocycles. The van der Waals surface area contributed by atoms with E-state index in [0.29, 0.717) is 43.3 Å². The Hall–Kier alpha value is -4.73. The molecule has 10 heteroatoms. The number of carbonyl (C=O) groups is 2. The van der Waals surface area contributed by atoms with E-state index in [9.17, 15) is 9.59 Å². The van der Waals surface area contributed by atoms with Gasteiger partial charge in [0.05, 0.1) is 0 Å². The summed E-state index contributed by atoms with van der Waals surface area (Å²) in [6, 6.07) is 15.8. The summed E-state index contributed by atoms with van der Waals surface area (Å²) in [5.74, 6) is 1.49. The molecule has 0 aliphatic carbocycles. The molecular formula is C30H31N7O3. The number of likely N-dealkylation sites (tertiary alicyclic amines) is 1. The Labute approximate surface area is 232 Å². The summed E-state index contributed by atoms with van der Waals surface area (Å²) in [5, 5.41) is 13.7. The smallest absolute Gasteiger partial charge is 0.276 e. The van der Waals surface area contributed by atoms with Gasteiger partial charge in [-0.15, -0.1) is 0 Å². The molecule has 1 fully saturated rings. The van der Waals surface area contributed by atoms with Crippen molar-refractivity contribution in [2.24, 2.45) is 5.92 Å². The highest BCUT2D eigenvalue weighted by Gasteiger charge is 2.29. The highest BCUT2D eigenvalue weighted by Crippen LogP contribution is 2.29. The van der Waals surface area contributed by atoms with E-state index in [1.165, 1.54) is 5.56 Å². The van der Waals surface area contributed by atoms with Gasteiger partial charge in [0.1, 0.15) is 11.6 Å². The molecule has 0 unspecified atom stereocenters. The van der Waals surface area contributed by atoms with Gasteiger partial charge in [0, 0.05) is 53.9 Å². The third kappa shape index (κ3) is 5.51. The molecular weight excluding hydrogens is 506 g/mol. The summed E-state index contributed by atoms with van der Waals surface area (Å²) in [7, 11) is 0. The number of aryl methyl sites for hydroxylation is 4. The fourth-order valence-electron chi connectivity index (χ4n) is 5.19. The molecule has 0 saturated carbocycles. The van der Waals surface area contributed by atoms with Gasteiger partial charge >= 0.3 is 0 Å². The zero-order chi connectivity index (χ0) is 27.6. The molecule has 0 atom stereocenters. The van der Waals surface area contributed by atoms with E-state index in [1.807, 2.05) is 31.2 Å². The first-order valence-corrected chi connectivity index (χ1v) is 13.5. The number of rotatable bonds is 3. The van der Waals surface area contributed by atoms with Gasteiger partial charge in [-0.1, -0.05) is 17.3 Å². The van der Waals surface area contributed by atoms with Gasteiger partial charge in [-0.05, 0) is 81.0 Å². The first-order valence-electron chi connectivity index (χ1n) is 13.5. The SMILES string of the molecule is Cc1cc(C(=O)N2CCC(C(=O)Nc3ccc4cc3CCc3cccc(c3)Nc3ncc(C)c(n3)N4)CC2)no1. The molecule has 0 spiro atoms. The first-order chi connectivity index (χ1) is 19.4. The van der Waals surface area contributed by atoms with Crippen molar-refractivity contribution < 1.29 is 14.1 Å². The number of nitrogens with one attached hydrogen (secondary N) is 3. The maximum absolute atomic E-state index is 13.3. The number of anilines is 5. The third-order valence-corrected chi connectivity index (χ3v) is 7.46. The van der Waals surface area contributed by atoms with Crippen molar-refractivity contribution >= 4 is 40.6 Å². The second-order valence-electron chi connectivity index (χ2n) is 10.4. The third-order valence-electron chi connectivity index (χ3n) is 7.46. The van der Waals surface area contributed by atoms with Crippen LogP contribution in [0.15, 0.2) is 59.3 Å². The quantitative estimate of drug-likeness (QED) is 0.327. The molecule has 6 bridgehead atoms. The van der Waals surface area contributed by atoms with Crippen LogP contribution in [0.4, 0.5) is 28.8 Å². The van der Waals surface area contributed by atoms with Gasteiger partial charge in [-0.3, -0.25) is 9.59 Å². The highest BCUT2D eigenvalue weighted by atomic mass is 16.5. The van der Waals surface area contributed by atoms with Crippen LogP contribution < -0.4 is 16.0 Å². The van der Waals surface area contributed by atoms with Crippen molar-refractivity contribution in [2.75, 3.05) is 29.0 Å². The molecule has 1 saturated heterocycles. The maximum Gasteiger partial charge on any atom is 0.276 e. The van der Waals surface area contributed by atoms with Crippen molar-refractivity contribution in [1.29, 1.82) is 0 Å². The van der Waals surface area contributed by atoms with Crippen molar-refractivity contribution in [3.8, 4) is 0 Å². The summed E-state index contributed by atoms with van der Waals surface area (Å²) in [4.78, 5) is 36.9. The number of carbonyl (C=O) groups excluding carboxylic acids is 2. The Bertz CT molecular complexity index is 1570. The van der Waals surface area contributed by atoms with Crippen LogP contribution in [0.2, 0.25) is 0 Å². The molecule has 6 rings (SSSR count). The number of piperidine rings is 1. The summed E-state index contributed by atoms with van der Waals surface area (Å²) in [5.41, 5.74) is 6.07. The van der Waals surface area contributed by atoms with Crippen molar-refractivity contribution in [1.82, 2.24) is 20.0 Å². The Morgan fingerprint density at radius 3 is 2.62 bits per heavy atom. The van der Waals surface area contributed by atoms with Gasteiger partial charge < -0.3 is 25.4 Å². The molecule has 2 amide bonds. The lowest BCUT2D eigenvalue weighted by molar-refractivity contribution is -0.121. The van der Waals surface area contributed by atoms with E-state index in [1.54, 1.807) is 24.1 Å². The van der Waals surface area contributed by atoms with Gasteiger partial charge in [-0.25, -0.2) is 4.98 Å². The van der Waals surface area contributed by atoms with E-state index in [-0.39, 0.29) is 17.7 Å². The Balaban J connectivity index is 1.19. The van der Waals surface area contributed by atoms with Crippen LogP contribution in [0.25, 0.3) is 0 Å². The predicted octanol–water partition coefficient (Wildman–Crippen LogP) is 5.16. The van der Waals surface area contributed by atoms with Crippen LogP contribution in [0.1, 0.15) is 45.8 Å². The molecule has 4 aromatic rings. The van der Waals surface area contributed by atoms with Crippen molar-refractivity contribution in [3.05, 3.63) is 82.9 Å². The fraction of sp³-hybridized carbons (Fsp3) is 0.300. The van der Waals surface area contributed by atoms with E-state index in [2.05, 4.69) is 49.3 Å². The average Bonchev–Trinajstić information content (AvgIpc) is 3.40. The lowest BCUT2D eigenvalue weighted by atomic mass is 9.95. The number of aromatic nitrogens is 3. The molecule has 4 heterocycles. The van der Waals surface area contributed by atoms with E-state index < -0.39 is 0 Å². The van der Waals surface area contributed by atoms with E-state index in [0.717, 1.165) is 46.8 Å². The molecule has 0 radical (unpaired) electrons. The van der Waals surface area contributed by atoms with Crippen LogP contribution in [0.5, 0.6) is 0 Å². The Morgan fingerprint density at radius 1 is 1.00 bits per heavy atom. The number of nitrogens with zero attached hydrogens (tertiary/aromatic N) is 4. The zero-order valence-electron chi connectivity index (χ0n) is 22.5. The summed E-state index contributed by atoms with van der Waals surface area (Å²) < 4.78 is 5.04. The van der Waals surface area contributed by atoms with Crippen LogP contribution >= 0.6 is 0 Å². The monoisotopic (exact) mass is 537 g/mol. The second kappa shape index (κ2) is 10.8. The number of benzene rings is 2. The van der Waals surface area contributed by atoms with Gasteiger partial charge in [0.2, 0.25) is 11.9 Å². The van der Waals surface area contributed by atoms with E-state index in [4.69, 9.17) is 4.52 Å². The van der Waals surface area contributed by atoms with Crippen molar-refractivity contribution in [2.45, 2.75) is 39.5 Å². The molecule has 10 nitrogen and oxygen atoms in total. The molecule has 2 aromatic heterocycles. The molecule has 204 valence electrons.